The van der Waals surface area contributed by atoms with Crippen LogP contribution in [-0.4, -0.2) is 30.4 Å². The largest absolute Gasteiger partial charge is 0.452 e. The molecule has 0 aliphatic carbocycles. The first-order chi connectivity index (χ1) is 13.0. The van der Waals surface area contributed by atoms with Crippen molar-refractivity contribution >= 4 is 17.8 Å². The van der Waals surface area contributed by atoms with Crippen LogP contribution in [0.1, 0.15) is 42.2 Å². The third-order valence-corrected chi connectivity index (χ3v) is 3.94. The van der Waals surface area contributed by atoms with Crippen LogP contribution >= 0.6 is 0 Å². The summed E-state index contributed by atoms with van der Waals surface area (Å²) in [5, 5.41) is 5.47. The number of carbonyl (C=O) groups is 3. The van der Waals surface area contributed by atoms with Gasteiger partial charge in [0.15, 0.2) is 6.10 Å². The third-order valence-electron chi connectivity index (χ3n) is 3.94. The molecule has 0 fully saturated rings. The van der Waals surface area contributed by atoms with Gasteiger partial charge < -0.3 is 15.4 Å². The van der Waals surface area contributed by atoms with Gasteiger partial charge in [0.25, 0.3) is 11.8 Å². The Hall–Kier alpha value is -3.15. The number of rotatable bonds is 8. The molecule has 0 aliphatic heterocycles. The number of ether oxygens (including phenoxy) is 1. The molecular formula is C21H24N2O4. The number of likely N-dealkylation sites (N-methyl/N-ethyl adjacent to an activating group) is 1. The highest BCUT2D eigenvalue weighted by Gasteiger charge is 2.23. The van der Waals surface area contributed by atoms with Crippen molar-refractivity contribution in [1.82, 2.24) is 10.6 Å². The monoisotopic (exact) mass is 368 g/mol. The van der Waals surface area contributed by atoms with E-state index in [1.165, 1.54) is 6.92 Å². The van der Waals surface area contributed by atoms with Gasteiger partial charge in [-0.2, -0.15) is 0 Å². The Bertz CT molecular complexity index is 762. The van der Waals surface area contributed by atoms with Crippen molar-refractivity contribution in [3.05, 3.63) is 71.8 Å². The Kier molecular flexibility index (Phi) is 7.55. The van der Waals surface area contributed by atoms with Crippen LogP contribution in [0.4, 0.5) is 0 Å². The van der Waals surface area contributed by atoms with E-state index >= 15 is 0 Å². The maximum absolute atomic E-state index is 12.5. The predicted molar refractivity (Wildman–Crippen MR) is 102 cm³/mol. The summed E-state index contributed by atoms with van der Waals surface area (Å²) in [7, 11) is 0. The summed E-state index contributed by atoms with van der Waals surface area (Å²) in [6.45, 7) is 3.76. The van der Waals surface area contributed by atoms with Crippen molar-refractivity contribution < 1.29 is 19.1 Å². The van der Waals surface area contributed by atoms with E-state index in [9.17, 15) is 14.4 Å². The average Bonchev–Trinajstić information content (AvgIpc) is 2.68. The Morgan fingerprint density at radius 3 is 2.15 bits per heavy atom. The smallest absolute Gasteiger partial charge is 0.309 e. The van der Waals surface area contributed by atoms with Gasteiger partial charge in [-0.05, 0) is 31.5 Å². The fourth-order valence-electron chi connectivity index (χ4n) is 2.55. The highest BCUT2D eigenvalue weighted by Crippen LogP contribution is 2.18. The molecule has 6 nitrogen and oxygen atoms in total. The molecule has 0 heterocycles. The number of hydrogen-bond donors (Lipinski definition) is 2. The van der Waals surface area contributed by atoms with Crippen molar-refractivity contribution in [3.8, 4) is 0 Å². The first kappa shape index (κ1) is 20.2. The summed E-state index contributed by atoms with van der Waals surface area (Å²) in [6.07, 6.45) is -0.967. The van der Waals surface area contributed by atoms with Gasteiger partial charge in [0, 0.05) is 12.1 Å². The van der Waals surface area contributed by atoms with Crippen LogP contribution in [0.25, 0.3) is 0 Å². The molecule has 27 heavy (non-hydrogen) atoms. The van der Waals surface area contributed by atoms with E-state index in [2.05, 4.69) is 10.6 Å². The highest BCUT2D eigenvalue weighted by molar-refractivity contribution is 5.94. The van der Waals surface area contributed by atoms with Crippen LogP contribution in [0.3, 0.4) is 0 Å². The van der Waals surface area contributed by atoms with Crippen molar-refractivity contribution in [2.45, 2.75) is 32.4 Å². The highest BCUT2D eigenvalue weighted by atomic mass is 16.5. The lowest BCUT2D eigenvalue weighted by Crippen LogP contribution is -2.37. The second-order valence-electron chi connectivity index (χ2n) is 6.03. The fraction of sp³-hybridized carbons (Fsp3) is 0.286. The van der Waals surface area contributed by atoms with Crippen molar-refractivity contribution in [1.29, 1.82) is 0 Å². The maximum Gasteiger partial charge on any atom is 0.309 e. The molecule has 0 spiro atoms. The molecule has 2 aromatic carbocycles. The van der Waals surface area contributed by atoms with E-state index < -0.39 is 18.1 Å². The van der Waals surface area contributed by atoms with Crippen LogP contribution in [0.15, 0.2) is 60.7 Å². The standard InChI is InChI=1S/C21H24N2O4/c1-3-22-20(25)15(2)27-19(24)14-18(16-10-6-4-7-11-16)23-21(26)17-12-8-5-9-13-17/h4-13,15,18H,3,14H2,1-2H3,(H,22,25)(H,23,26)/t15-,18+/m0/s1. The van der Waals surface area contributed by atoms with E-state index in [1.807, 2.05) is 36.4 Å². The average molecular weight is 368 g/mol. The van der Waals surface area contributed by atoms with Crippen LogP contribution in [-0.2, 0) is 14.3 Å². The fourth-order valence-corrected chi connectivity index (χ4v) is 2.55. The first-order valence-electron chi connectivity index (χ1n) is 8.89. The number of esters is 1. The summed E-state index contributed by atoms with van der Waals surface area (Å²) < 4.78 is 5.20. The number of carbonyl (C=O) groups excluding carboxylic acids is 3. The topological polar surface area (TPSA) is 84.5 Å². The zero-order chi connectivity index (χ0) is 19.6. The molecule has 2 aromatic rings. The van der Waals surface area contributed by atoms with Crippen LogP contribution < -0.4 is 10.6 Å². The van der Waals surface area contributed by atoms with Gasteiger partial charge in [-0.3, -0.25) is 14.4 Å². The lowest BCUT2D eigenvalue weighted by molar-refractivity contribution is -0.155. The van der Waals surface area contributed by atoms with Gasteiger partial charge in [0.05, 0.1) is 12.5 Å². The van der Waals surface area contributed by atoms with E-state index in [-0.39, 0.29) is 18.2 Å². The SMILES string of the molecule is CCNC(=O)[C@H](C)OC(=O)C[C@@H](NC(=O)c1ccccc1)c1ccccc1. The second-order valence-corrected chi connectivity index (χ2v) is 6.03. The zero-order valence-corrected chi connectivity index (χ0v) is 15.5. The van der Waals surface area contributed by atoms with Gasteiger partial charge in [0.1, 0.15) is 0 Å². The predicted octanol–water partition coefficient (Wildman–Crippen LogP) is 2.62. The molecule has 6 heteroatoms. The number of benzene rings is 2. The third kappa shape index (κ3) is 6.26. The van der Waals surface area contributed by atoms with E-state index in [0.29, 0.717) is 12.1 Å². The Balaban J connectivity index is 2.08. The second kappa shape index (κ2) is 10.1. The van der Waals surface area contributed by atoms with Crippen molar-refractivity contribution in [2.24, 2.45) is 0 Å². The molecule has 0 aliphatic rings. The molecule has 0 radical (unpaired) electrons. The minimum Gasteiger partial charge on any atom is -0.452 e. The summed E-state index contributed by atoms with van der Waals surface area (Å²) in [4.78, 5) is 36.5. The normalized spacial score (nSPS) is 12.5. The van der Waals surface area contributed by atoms with E-state index in [1.54, 1.807) is 31.2 Å². The van der Waals surface area contributed by atoms with E-state index in [0.717, 1.165) is 5.56 Å². The molecule has 0 bridgehead atoms. The number of amides is 2. The summed E-state index contributed by atoms with van der Waals surface area (Å²) in [6, 6.07) is 17.4. The van der Waals surface area contributed by atoms with Gasteiger partial charge in [-0.1, -0.05) is 48.5 Å². The van der Waals surface area contributed by atoms with Crippen LogP contribution in [0, 0.1) is 0 Å². The zero-order valence-electron chi connectivity index (χ0n) is 15.5. The Morgan fingerprint density at radius 2 is 1.56 bits per heavy atom. The lowest BCUT2D eigenvalue weighted by atomic mass is 10.0. The Labute approximate surface area is 158 Å². The summed E-state index contributed by atoms with van der Waals surface area (Å²) in [5.41, 5.74) is 1.28. The molecule has 0 saturated carbocycles. The Morgan fingerprint density at radius 1 is 0.963 bits per heavy atom. The van der Waals surface area contributed by atoms with Crippen molar-refractivity contribution in [3.63, 3.8) is 0 Å². The first-order valence-corrected chi connectivity index (χ1v) is 8.89. The molecule has 2 rings (SSSR count). The van der Waals surface area contributed by atoms with E-state index in [4.69, 9.17) is 4.74 Å². The van der Waals surface area contributed by atoms with Gasteiger partial charge >= 0.3 is 5.97 Å². The minimum atomic E-state index is -0.890. The maximum atomic E-state index is 12.5. The van der Waals surface area contributed by atoms with Crippen molar-refractivity contribution in [2.75, 3.05) is 6.54 Å². The summed E-state index contributed by atoms with van der Waals surface area (Å²) >= 11 is 0. The molecule has 2 atom stereocenters. The number of hydrogen-bond acceptors (Lipinski definition) is 4. The van der Waals surface area contributed by atoms with Crippen LogP contribution in [0.2, 0.25) is 0 Å². The quantitative estimate of drug-likeness (QED) is 0.702. The van der Waals surface area contributed by atoms with Gasteiger partial charge in [0.2, 0.25) is 0 Å². The molecule has 0 aromatic heterocycles. The molecule has 2 N–H and O–H groups in total. The molecule has 0 saturated heterocycles. The minimum absolute atomic E-state index is 0.0771. The summed E-state index contributed by atoms with van der Waals surface area (Å²) in [5.74, 6) is -1.19. The molecule has 0 unspecified atom stereocenters. The molecule has 2 amide bonds. The molecule has 142 valence electrons. The molecular weight excluding hydrogens is 344 g/mol. The van der Waals surface area contributed by atoms with Gasteiger partial charge in [-0.15, -0.1) is 0 Å². The lowest BCUT2D eigenvalue weighted by Gasteiger charge is -2.20. The number of nitrogens with one attached hydrogen (secondary N) is 2. The van der Waals surface area contributed by atoms with Gasteiger partial charge in [-0.25, -0.2) is 0 Å². The van der Waals surface area contributed by atoms with Crippen LogP contribution in [0.5, 0.6) is 0 Å².